The Morgan fingerprint density at radius 1 is 1.22 bits per heavy atom. The van der Waals surface area contributed by atoms with Crippen LogP contribution in [0.5, 0.6) is 0 Å². The second-order valence-electron chi connectivity index (χ2n) is 3.78. The van der Waals surface area contributed by atoms with E-state index >= 15 is 0 Å². The monoisotopic (exact) mass is 261 g/mol. The molecule has 0 bridgehead atoms. The van der Waals surface area contributed by atoms with Crippen LogP contribution in [0.2, 0.25) is 0 Å². The van der Waals surface area contributed by atoms with Gasteiger partial charge in [0.25, 0.3) is 0 Å². The minimum Gasteiger partial charge on any atom is -0.384 e. The topological polar surface area (TPSA) is 62.8 Å². The van der Waals surface area contributed by atoms with Crippen molar-refractivity contribution in [2.24, 2.45) is 5.73 Å². The summed E-state index contributed by atoms with van der Waals surface area (Å²) in [5, 5.41) is 8.17. The standard InChI is InChI=1S/C13H12FN3S/c1-8-2-7-11(12(15)16)13(17-8)18-10-5-3-9(14)4-6-10/h2-7H,1H3,(H3,15,16). The highest BCUT2D eigenvalue weighted by Crippen LogP contribution is 2.29. The maximum absolute atomic E-state index is 12.8. The molecule has 0 aliphatic heterocycles. The highest BCUT2D eigenvalue weighted by Gasteiger charge is 2.09. The molecule has 0 radical (unpaired) electrons. The van der Waals surface area contributed by atoms with E-state index in [1.54, 1.807) is 18.2 Å². The molecule has 2 rings (SSSR count). The Morgan fingerprint density at radius 3 is 2.50 bits per heavy atom. The number of nitrogen functional groups attached to an aromatic ring is 1. The molecule has 3 N–H and O–H groups in total. The van der Waals surface area contributed by atoms with E-state index in [1.807, 2.05) is 13.0 Å². The highest BCUT2D eigenvalue weighted by molar-refractivity contribution is 7.99. The Balaban J connectivity index is 2.35. The van der Waals surface area contributed by atoms with Gasteiger partial charge in [0.1, 0.15) is 16.7 Å². The molecule has 0 atom stereocenters. The van der Waals surface area contributed by atoms with Crippen molar-refractivity contribution in [3.8, 4) is 0 Å². The van der Waals surface area contributed by atoms with Crippen LogP contribution >= 0.6 is 11.8 Å². The number of nitrogens with two attached hydrogens (primary N) is 1. The predicted molar refractivity (Wildman–Crippen MR) is 70.5 cm³/mol. The number of hydrogen-bond donors (Lipinski definition) is 2. The van der Waals surface area contributed by atoms with E-state index in [0.29, 0.717) is 10.6 Å². The summed E-state index contributed by atoms with van der Waals surface area (Å²) in [6, 6.07) is 9.72. The molecule has 0 saturated heterocycles. The summed E-state index contributed by atoms with van der Waals surface area (Å²) < 4.78 is 12.8. The van der Waals surface area contributed by atoms with Gasteiger partial charge >= 0.3 is 0 Å². The third-order valence-electron chi connectivity index (χ3n) is 2.32. The zero-order valence-corrected chi connectivity index (χ0v) is 10.6. The molecule has 0 fully saturated rings. The minimum atomic E-state index is -0.275. The van der Waals surface area contributed by atoms with E-state index < -0.39 is 0 Å². The van der Waals surface area contributed by atoms with Gasteiger partial charge in [-0.15, -0.1) is 0 Å². The van der Waals surface area contributed by atoms with E-state index in [-0.39, 0.29) is 11.7 Å². The van der Waals surface area contributed by atoms with Crippen molar-refractivity contribution in [2.75, 3.05) is 0 Å². The van der Waals surface area contributed by atoms with Crippen molar-refractivity contribution in [2.45, 2.75) is 16.8 Å². The summed E-state index contributed by atoms with van der Waals surface area (Å²) in [6.07, 6.45) is 0. The number of aromatic nitrogens is 1. The van der Waals surface area contributed by atoms with E-state index in [4.69, 9.17) is 11.1 Å². The van der Waals surface area contributed by atoms with Crippen molar-refractivity contribution in [3.63, 3.8) is 0 Å². The number of halogens is 1. The first-order chi connectivity index (χ1) is 8.56. The highest BCUT2D eigenvalue weighted by atomic mass is 32.2. The van der Waals surface area contributed by atoms with Gasteiger partial charge in [0.15, 0.2) is 0 Å². The van der Waals surface area contributed by atoms with Gasteiger partial charge in [-0.3, -0.25) is 5.41 Å². The lowest BCUT2D eigenvalue weighted by molar-refractivity contribution is 0.626. The molecule has 0 aliphatic rings. The summed E-state index contributed by atoms with van der Waals surface area (Å²) in [4.78, 5) is 5.22. The average Bonchev–Trinajstić information content (AvgIpc) is 2.32. The second kappa shape index (κ2) is 5.18. The Labute approximate surface area is 109 Å². The third-order valence-corrected chi connectivity index (χ3v) is 3.33. The third kappa shape index (κ3) is 2.87. The number of nitrogens with zero attached hydrogens (tertiary/aromatic N) is 1. The first kappa shape index (κ1) is 12.6. The number of amidine groups is 1. The number of nitrogens with one attached hydrogen (secondary N) is 1. The average molecular weight is 261 g/mol. The van der Waals surface area contributed by atoms with Crippen molar-refractivity contribution >= 4 is 17.6 Å². The maximum Gasteiger partial charge on any atom is 0.125 e. The number of aryl methyl sites for hydroxylation is 1. The van der Waals surface area contributed by atoms with Crippen molar-refractivity contribution in [1.82, 2.24) is 4.98 Å². The van der Waals surface area contributed by atoms with Crippen LogP contribution in [-0.2, 0) is 0 Å². The molecule has 1 heterocycles. The van der Waals surface area contributed by atoms with Crippen LogP contribution in [0.4, 0.5) is 4.39 Å². The van der Waals surface area contributed by atoms with Gasteiger partial charge in [-0.1, -0.05) is 11.8 Å². The van der Waals surface area contributed by atoms with Crippen molar-refractivity contribution in [1.29, 1.82) is 5.41 Å². The molecule has 1 aromatic carbocycles. The van der Waals surface area contributed by atoms with Crippen LogP contribution < -0.4 is 5.73 Å². The largest absolute Gasteiger partial charge is 0.384 e. The molecule has 0 unspecified atom stereocenters. The number of rotatable bonds is 3. The lowest BCUT2D eigenvalue weighted by Crippen LogP contribution is -2.13. The normalized spacial score (nSPS) is 10.3. The molecular weight excluding hydrogens is 249 g/mol. The van der Waals surface area contributed by atoms with E-state index in [2.05, 4.69) is 4.98 Å². The Bertz CT molecular complexity index is 581. The van der Waals surface area contributed by atoms with Crippen molar-refractivity contribution < 1.29 is 4.39 Å². The molecule has 1 aromatic heterocycles. The lowest BCUT2D eigenvalue weighted by atomic mass is 10.2. The Morgan fingerprint density at radius 2 is 1.89 bits per heavy atom. The Kier molecular flexibility index (Phi) is 3.62. The summed E-state index contributed by atoms with van der Waals surface area (Å²) >= 11 is 1.37. The van der Waals surface area contributed by atoms with Crippen LogP contribution in [-0.4, -0.2) is 10.8 Å². The molecular formula is C13H12FN3S. The smallest absolute Gasteiger partial charge is 0.125 e. The fraction of sp³-hybridized carbons (Fsp3) is 0.0769. The number of pyridine rings is 1. The van der Waals surface area contributed by atoms with Gasteiger partial charge in [0, 0.05) is 16.2 Å². The van der Waals surface area contributed by atoms with Gasteiger partial charge in [0.2, 0.25) is 0 Å². The van der Waals surface area contributed by atoms with Crippen LogP contribution in [0.1, 0.15) is 11.3 Å². The molecule has 0 saturated carbocycles. The van der Waals surface area contributed by atoms with Gasteiger partial charge in [0.05, 0.1) is 0 Å². The van der Waals surface area contributed by atoms with Gasteiger partial charge in [-0.2, -0.15) is 0 Å². The Hall–Kier alpha value is -1.88. The van der Waals surface area contributed by atoms with Crippen molar-refractivity contribution in [3.05, 3.63) is 53.5 Å². The zero-order valence-electron chi connectivity index (χ0n) is 9.77. The quantitative estimate of drug-likeness (QED) is 0.659. The molecule has 5 heteroatoms. The van der Waals surface area contributed by atoms with Gasteiger partial charge in [-0.25, -0.2) is 9.37 Å². The number of hydrogen-bond acceptors (Lipinski definition) is 3. The summed E-state index contributed by atoms with van der Waals surface area (Å²) in [6.45, 7) is 1.87. The van der Waals surface area contributed by atoms with Crippen LogP contribution in [0.25, 0.3) is 0 Å². The second-order valence-corrected chi connectivity index (χ2v) is 4.84. The predicted octanol–water partition coefficient (Wildman–Crippen LogP) is 2.96. The van der Waals surface area contributed by atoms with E-state index in [1.165, 1.54) is 23.9 Å². The number of benzene rings is 1. The summed E-state index contributed by atoms with van der Waals surface area (Å²) in [7, 11) is 0. The fourth-order valence-corrected chi connectivity index (χ4v) is 2.40. The molecule has 18 heavy (non-hydrogen) atoms. The van der Waals surface area contributed by atoms with Crippen LogP contribution in [0.3, 0.4) is 0 Å². The van der Waals surface area contributed by atoms with Gasteiger partial charge < -0.3 is 5.73 Å². The SMILES string of the molecule is Cc1ccc(C(=N)N)c(Sc2ccc(F)cc2)n1. The molecule has 92 valence electrons. The first-order valence-corrected chi connectivity index (χ1v) is 6.13. The van der Waals surface area contributed by atoms with E-state index in [0.717, 1.165) is 10.6 Å². The first-order valence-electron chi connectivity index (χ1n) is 5.32. The zero-order chi connectivity index (χ0) is 13.1. The van der Waals surface area contributed by atoms with Crippen LogP contribution in [0.15, 0.2) is 46.3 Å². The molecule has 0 amide bonds. The minimum absolute atomic E-state index is 0.0212. The van der Waals surface area contributed by atoms with Gasteiger partial charge in [-0.05, 0) is 43.3 Å². The van der Waals surface area contributed by atoms with Crippen LogP contribution in [0, 0.1) is 18.2 Å². The lowest BCUT2D eigenvalue weighted by Gasteiger charge is -2.07. The fourth-order valence-electron chi connectivity index (χ4n) is 1.43. The molecule has 0 aliphatic carbocycles. The maximum atomic E-state index is 12.8. The van der Waals surface area contributed by atoms with E-state index in [9.17, 15) is 4.39 Å². The summed E-state index contributed by atoms with van der Waals surface area (Å²) in [5.74, 6) is -0.296. The summed E-state index contributed by atoms with van der Waals surface area (Å²) in [5.41, 5.74) is 6.96. The molecule has 2 aromatic rings. The molecule has 0 spiro atoms. The molecule has 3 nitrogen and oxygen atoms in total.